The smallest absolute Gasteiger partial charge is 0.269 e. The topological polar surface area (TPSA) is 185 Å². The lowest BCUT2D eigenvalue weighted by Crippen LogP contribution is -2.47. The Morgan fingerprint density at radius 2 is 1.25 bits per heavy atom. The molecule has 0 unspecified atom stereocenters. The monoisotopic (exact) mass is 443 g/mol. The molecular formula is C20H19N4O8-. The summed E-state index contributed by atoms with van der Waals surface area (Å²) in [5.41, 5.74) is -0.0183. The number of benzene rings is 2. The molecule has 32 heavy (non-hydrogen) atoms. The Balaban J connectivity index is 1.78. The first-order valence-electron chi connectivity index (χ1n) is 9.48. The largest absolute Gasteiger partial charge is 0.548 e. The van der Waals surface area contributed by atoms with Crippen molar-refractivity contribution in [1.29, 1.82) is 0 Å². The van der Waals surface area contributed by atoms with Crippen LogP contribution >= 0.6 is 0 Å². The van der Waals surface area contributed by atoms with E-state index in [-0.39, 0.29) is 35.5 Å². The molecule has 2 N–H and O–H groups in total. The molecule has 0 spiro atoms. The highest BCUT2D eigenvalue weighted by molar-refractivity contribution is 5.96. The van der Waals surface area contributed by atoms with Gasteiger partial charge < -0.3 is 20.5 Å². The van der Waals surface area contributed by atoms with Crippen LogP contribution in [0.15, 0.2) is 48.5 Å². The van der Waals surface area contributed by atoms with Crippen molar-refractivity contribution in [3.8, 4) is 0 Å². The third-order valence-corrected chi connectivity index (χ3v) is 4.48. The molecule has 0 aliphatic carbocycles. The lowest BCUT2D eigenvalue weighted by atomic mass is 10.1. The maximum atomic E-state index is 12.2. The molecule has 0 radical (unpaired) electrons. The maximum Gasteiger partial charge on any atom is 0.269 e. The molecule has 0 bridgehead atoms. The Morgan fingerprint density at radius 3 is 1.69 bits per heavy atom. The van der Waals surface area contributed by atoms with Crippen molar-refractivity contribution in [3.05, 3.63) is 79.9 Å². The Bertz CT molecular complexity index is 1010. The van der Waals surface area contributed by atoms with Crippen molar-refractivity contribution >= 4 is 29.2 Å². The van der Waals surface area contributed by atoms with Crippen LogP contribution in [-0.2, 0) is 4.79 Å². The molecular weight excluding hydrogens is 424 g/mol. The molecule has 2 amide bonds. The fourth-order valence-corrected chi connectivity index (χ4v) is 2.74. The first-order chi connectivity index (χ1) is 15.2. The number of carbonyl (C=O) groups excluding carboxylic acids is 3. The van der Waals surface area contributed by atoms with E-state index in [4.69, 9.17) is 0 Å². The summed E-state index contributed by atoms with van der Waals surface area (Å²) in [7, 11) is 0. The van der Waals surface area contributed by atoms with Gasteiger partial charge in [0.1, 0.15) is 0 Å². The minimum atomic E-state index is -1.48. The van der Waals surface area contributed by atoms with Crippen LogP contribution in [0.2, 0.25) is 0 Å². The van der Waals surface area contributed by atoms with Crippen LogP contribution in [0.1, 0.15) is 40.0 Å². The number of non-ortho nitro benzene ring substituents is 2. The number of carboxylic acid groups (broad SMARTS) is 1. The summed E-state index contributed by atoms with van der Waals surface area (Å²) < 4.78 is 0. The van der Waals surface area contributed by atoms with Crippen LogP contribution in [0.4, 0.5) is 11.4 Å². The summed E-state index contributed by atoms with van der Waals surface area (Å²) in [5.74, 6) is -2.61. The number of hydrogen-bond acceptors (Lipinski definition) is 8. The van der Waals surface area contributed by atoms with Gasteiger partial charge in [-0.2, -0.15) is 0 Å². The summed E-state index contributed by atoms with van der Waals surface area (Å²) in [5, 5.41) is 37.5. The average molecular weight is 443 g/mol. The second-order valence-electron chi connectivity index (χ2n) is 6.70. The molecule has 2 aromatic carbocycles. The van der Waals surface area contributed by atoms with Crippen LogP contribution in [0.3, 0.4) is 0 Å². The molecule has 168 valence electrons. The fraction of sp³-hybridized carbons (Fsp3) is 0.250. The van der Waals surface area contributed by atoms with Gasteiger partial charge in [0.15, 0.2) is 0 Å². The van der Waals surface area contributed by atoms with Crippen LogP contribution in [0.25, 0.3) is 0 Å². The number of carbonyl (C=O) groups is 3. The number of amides is 2. The molecule has 12 nitrogen and oxygen atoms in total. The van der Waals surface area contributed by atoms with Crippen LogP contribution in [-0.4, -0.2) is 40.2 Å². The highest BCUT2D eigenvalue weighted by atomic mass is 16.6. The second kappa shape index (κ2) is 11.2. The standard InChI is InChI=1S/C20H20N4O8/c25-18(13-4-8-15(9-5-13)23(29)30)21-12-2-1-3-17(20(27)28)22-19(26)14-6-10-16(11-7-14)24(31)32/h4-11,17H,1-3,12H2,(H,21,25)(H,22,26)(H,27,28)/p-1/t17-/m1/s1. The number of nitrogens with zero attached hydrogens (tertiary/aromatic N) is 2. The van der Waals surface area contributed by atoms with Crippen molar-refractivity contribution in [1.82, 2.24) is 10.6 Å². The normalized spacial score (nSPS) is 11.2. The summed E-state index contributed by atoms with van der Waals surface area (Å²) in [6.07, 6.45) is 0.810. The molecule has 0 saturated carbocycles. The van der Waals surface area contributed by atoms with Gasteiger partial charge in [-0.1, -0.05) is 0 Å². The average Bonchev–Trinajstić information content (AvgIpc) is 2.77. The third-order valence-electron chi connectivity index (χ3n) is 4.48. The Morgan fingerprint density at radius 1 is 0.781 bits per heavy atom. The molecule has 0 aliphatic rings. The second-order valence-corrected chi connectivity index (χ2v) is 6.70. The van der Waals surface area contributed by atoms with E-state index in [1.807, 2.05) is 0 Å². The van der Waals surface area contributed by atoms with Crippen molar-refractivity contribution in [2.45, 2.75) is 25.3 Å². The number of carboxylic acids is 1. The number of aliphatic carboxylic acids is 1. The first-order valence-corrected chi connectivity index (χ1v) is 9.48. The van der Waals surface area contributed by atoms with Crippen LogP contribution in [0, 0.1) is 20.2 Å². The van der Waals surface area contributed by atoms with Gasteiger partial charge in [-0.3, -0.25) is 29.8 Å². The zero-order chi connectivity index (χ0) is 23.7. The SMILES string of the molecule is O=C(NCCCC[C@@H](NC(=O)c1ccc([N+](=O)[O-])cc1)C(=O)[O-])c1ccc([N+](=O)[O-])cc1. The number of hydrogen-bond donors (Lipinski definition) is 2. The molecule has 2 aromatic rings. The summed E-state index contributed by atoms with van der Waals surface area (Å²) in [6.45, 7) is 0.228. The fourth-order valence-electron chi connectivity index (χ4n) is 2.74. The third kappa shape index (κ3) is 6.86. The van der Waals surface area contributed by atoms with Gasteiger partial charge >= 0.3 is 0 Å². The molecule has 0 fully saturated rings. The maximum absolute atomic E-state index is 12.2. The molecule has 0 aliphatic heterocycles. The van der Waals surface area contributed by atoms with Gasteiger partial charge in [0, 0.05) is 41.9 Å². The lowest BCUT2D eigenvalue weighted by molar-refractivity contribution is -0.385. The zero-order valence-corrected chi connectivity index (χ0v) is 16.7. The molecule has 12 heteroatoms. The summed E-state index contributed by atoms with van der Waals surface area (Å²) in [4.78, 5) is 55.6. The minimum absolute atomic E-state index is 0.0501. The van der Waals surface area contributed by atoms with E-state index in [1.165, 1.54) is 36.4 Å². The van der Waals surface area contributed by atoms with E-state index in [9.17, 15) is 39.7 Å². The highest BCUT2D eigenvalue weighted by Gasteiger charge is 2.16. The lowest BCUT2D eigenvalue weighted by Gasteiger charge is -2.19. The minimum Gasteiger partial charge on any atom is -0.548 e. The van der Waals surface area contributed by atoms with Gasteiger partial charge in [-0.15, -0.1) is 0 Å². The van der Waals surface area contributed by atoms with Gasteiger partial charge in [0.05, 0.1) is 21.9 Å². The van der Waals surface area contributed by atoms with Crippen molar-refractivity contribution in [3.63, 3.8) is 0 Å². The van der Waals surface area contributed by atoms with Crippen LogP contribution < -0.4 is 15.7 Å². The highest BCUT2D eigenvalue weighted by Crippen LogP contribution is 2.13. The van der Waals surface area contributed by atoms with E-state index in [2.05, 4.69) is 10.6 Å². The number of unbranched alkanes of at least 4 members (excludes halogenated alkanes) is 1. The van der Waals surface area contributed by atoms with Crippen molar-refractivity contribution in [2.75, 3.05) is 6.54 Å². The molecule has 0 heterocycles. The number of rotatable bonds is 11. The van der Waals surface area contributed by atoms with E-state index in [0.717, 1.165) is 12.1 Å². The predicted octanol–water partition coefficient (Wildman–Crippen LogP) is 0.952. The predicted molar refractivity (Wildman–Crippen MR) is 109 cm³/mol. The van der Waals surface area contributed by atoms with Gasteiger partial charge in [0.25, 0.3) is 23.2 Å². The van der Waals surface area contributed by atoms with Gasteiger partial charge in [0.2, 0.25) is 0 Å². The Labute approximate surface area is 181 Å². The Kier molecular flexibility index (Phi) is 8.34. The van der Waals surface area contributed by atoms with E-state index in [1.54, 1.807) is 0 Å². The Hall–Kier alpha value is -4.35. The number of nitrogens with one attached hydrogen (secondary N) is 2. The summed E-state index contributed by atoms with van der Waals surface area (Å²) >= 11 is 0. The molecule has 0 aromatic heterocycles. The van der Waals surface area contributed by atoms with E-state index < -0.39 is 33.7 Å². The van der Waals surface area contributed by atoms with E-state index >= 15 is 0 Å². The van der Waals surface area contributed by atoms with E-state index in [0.29, 0.717) is 12.8 Å². The number of nitro benzene ring substituents is 2. The van der Waals surface area contributed by atoms with Gasteiger partial charge in [-0.25, -0.2) is 0 Å². The number of nitro groups is 2. The van der Waals surface area contributed by atoms with Crippen molar-refractivity contribution < 1.29 is 29.3 Å². The van der Waals surface area contributed by atoms with Crippen molar-refractivity contribution in [2.24, 2.45) is 0 Å². The first kappa shape index (κ1) is 23.9. The van der Waals surface area contributed by atoms with Crippen LogP contribution in [0.5, 0.6) is 0 Å². The quantitative estimate of drug-likeness (QED) is 0.292. The summed E-state index contributed by atoms with van der Waals surface area (Å²) in [6, 6.07) is 8.51. The van der Waals surface area contributed by atoms with Gasteiger partial charge in [-0.05, 0) is 43.5 Å². The zero-order valence-electron chi connectivity index (χ0n) is 16.7. The molecule has 2 rings (SSSR count). The molecule has 1 atom stereocenters. The molecule has 0 saturated heterocycles.